The van der Waals surface area contributed by atoms with Gasteiger partial charge in [0.25, 0.3) is 0 Å². The van der Waals surface area contributed by atoms with Crippen LogP contribution >= 0.6 is 0 Å². The van der Waals surface area contributed by atoms with Crippen LogP contribution in [0.2, 0.25) is 0 Å². The third-order valence-electron chi connectivity index (χ3n) is 1.73. The minimum atomic E-state index is -5.40. The third kappa shape index (κ3) is 5.07. The summed E-state index contributed by atoms with van der Waals surface area (Å²) in [6.07, 6.45) is 0. The molecule has 0 aromatic heterocycles. The lowest BCUT2D eigenvalue weighted by Crippen LogP contribution is -2.03. The standard InChI is InChI=1S/C7H5F2N3O5S2/c8-18(13,14)7-2-5(4-11-12-10)1-6(3-7)17-19(9,15)16/h1-3H,4H2. The lowest BCUT2D eigenvalue weighted by molar-refractivity contribution is 0.439. The lowest BCUT2D eigenvalue weighted by atomic mass is 10.2. The maximum Gasteiger partial charge on any atom is 0.488 e. The quantitative estimate of drug-likeness (QED) is 0.354. The molecule has 0 amide bonds. The molecule has 0 heterocycles. The first kappa shape index (κ1) is 15.1. The first-order valence-corrected chi connectivity index (χ1v) is 7.04. The van der Waals surface area contributed by atoms with Gasteiger partial charge in [-0.1, -0.05) is 9.00 Å². The van der Waals surface area contributed by atoms with Crippen molar-refractivity contribution in [2.75, 3.05) is 0 Å². The number of benzene rings is 1. The number of halogens is 2. The van der Waals surface area contributed by atoms with Crippen LogP contribution in [-0.4, -0.2) is 16.8 Å². The molecule has 0 bridgehead atoms. The highest BCUT2D eigenvalue weighted by molar-refractivity contribution is 7.86. The summed E-state index contributed by atoms with van der Waals surface area (Å²) in [7, 11) is -10.6. The van der Waals surface area contributed by atoms with Crippen molar-refractivity contribution in [3.05, 3.63) is 34.2 Å². The van der Waals surface area contributed by atoms with E-state index in [2.05, 4.69) is 14.2 Å². The van der Waals surface area contributed by atoms with Gasteiger partial charge >= 0.3 is 20.7 Å². The molecule has 0 aliphatic carbocycles. The predicted octanol–water partition coefficient (Wildman–Crippen LogP) is 1.75. The van der Waals surface area contributed by atoms with Gasteiger partial charge in [-0.25, -0.2) is 0 Å². The normalized spacial score (nSPS) is 11.7. The molecule has 0 saturated heterocycles. The molecule has 1 aromatic rings. The van der Waals surface area contributed by atoms with Gasteiger partial charge in [0.1, 0.15) is 10.6 Å². The zero-order valence-corrected chi connectivity index (χ0v) is 10.5. The summed E-state index contributed by atoms with van der Waals surface area (Å²) in [5.74, 6) is -0.760. The number of rotatable bonds is 5. The van der Waals surface area contributed by atoms with Crippen LogP contribution in [0, 0.1) is 0 Å². The van der Waals surface area contributed by atoms with Crippen LogP contribution in [0.25, 0.3) is 10.4 Å². The van der Waals surface area contributed by atoms with E-state index >= 15 is 0 Å². The van der Waals surface area contributed by atoms with Crippen LogP contribution < -0.4 is 4.18 Å². The Morgan fingerprint density at radius 1 is 1.21 bits per heavy atom. The highest BCUT2D eigenvalue weighted by Gasteiger charge is 2.17. The first-order chi connectivity index (χ1) is 8.62. The van der Waals surface area contributed by atoms with Crippen LogP contribution in [0.4, 0.5) is 7.77 Å². The van der Waals surface area contributed by atoms with Gasteiger partial charge in [0, 0.05) is 11.0 Å². The second-order valence-corrected chi connectivity index (χ2v) is 5.42. The van der Waals surface area contributed by atoms with Crippen molar-refractivity contribution in [3.8, 4) is 5.75 Å². The van der Waals surface area contributed by atoms with E-state index in [4.69, 9.17) is 5.53 Å². The van der Waals surface area contributed by atoms with Crippen LogP contribution in [0.15, 0.2) is 28.2 Å². The summed E-state index contributed by atoms with van der Waals surface area (Å²) >= 11 is 0. The summed E-state index contributed by atoms with van der Waals surface area (Å²) in [6, 6.07) is 2.16. The topological polar surface area (TPSA) is 126 Å². The van der Waals surface area contributed by atoms with Crippen LogP contribution in [0.1, 0.15) is 5.56 Å². The molecule has 0 saturated carbocycles. The summed E-state index contributed by atoms with van der Waals surface area (Å²) in [5, 5.41) is 3.07. The van der Waals surface area contributed by atoms with Gasteiger partial charge in [0.15, 0.2) is 0 Å². The van der Waals surface area contributed by atoms with Crippen molar-refractivity contribution in [3.63, 3.8) is 0 Å². The van der Waals surface area contributed by atoms with Crippen LogP contribution in [0.5, 0.6) is 5.75 Å². The third-order valence-corrected chi connectivity index (χ3v) is 2.92. The summed E-state index contributed by atoms with van der Waals surface area (Å²) < 4.78 is 70.9. The van der Waals surface area contributed by atoms with Crippen molar-refractivity contribution in [1.29, 1.82) is 0 Å². The molecule has 0 unspecified atom stereocenters. The van der Waals surface area contributed by atoms with Gasteiger partial charge in [-0.05, 0) is 23.2 Å². The molecule has 104 valence electrons. The van der Waals surface area contributed by atoms with Gasteiger partial charge < -0.3 is 4.18 Å². The van der Waals surface area contributed by atoms with E-state index in [1.807, 2.05) is 0 Å². The molecule has 0 N–H and O–H groups in total. The molecule has 0 fully saturated rings. The molecule has 8 nitrogen and oxygen atoms in total. The van der Waals surface area contributed by atoms with E-state index in [0.717, 1.165) is 12.1 Å². The molecule has 19 heavy (non-hydrogen) atoms. The maximum absolute atomic E-state index is 12.8. The Bertz CT molecular complexity index is 740. The van der Waals surface area contributed by atoms with Gasteiger partial charge in [-0.2, -0.15) is 16.8 Å². The van der Waals surface area contributed by atoms with E-state index in [1.165, 1.54) is 0 Å². The average Bonchev–Trinajstić information content (AvgIpc) is 2.22. The Balaban J connectivity index is 3.35. The Morgan fingerprint density at radius 3 is 2.32 bits per heavy atom. The fourth-order valence-electron chi connectivity index (χ4n) is 1.14. The first-order valence-electron chi connectivity index (χ1n) is 4.35. The molecular weight excluding hydrogens is 308 g/mol. The van der Waals surface area contributed by atoms with Crippen molar-refractivity contribution in [1.82, 2.24) is 0 Å². The molecule has 0 aliphatic rings. The largest absolute Gasteiger partial charge is 0.488 e. The van der Waals surface area contributed by atoms with E-state index in [-0.39, 0.29) is 5.56 Å². The molecule has 1 aromatic carbocycles. The van der Waals surface area contributed by atoms with Crippen molar-refractivity contribution in [2.24, 2.45) is 5.11 Å². The maximum atomic E-state index is 12.8. The lowest BCUT2D eigenvalue weighted by Gasteiger charge is -2.05. The minimum Gasteiger partial charge on any atom is -0.358 e. The van der Waals surface area contributed by atoms with Gasteiger partial charge in [0.05, 0.1) is 6.54 Å². The molecule has 0 aliphatic heterocycles. The molecular formula is C7H5F2N3O5S2. The van der Waals surface area contributed by atoms with E-state index in [1.54, 1.807) is 0 Å². The molecule has 0 spiro atoms. The molecule has 0 radical (unpaired) electrons. The fourth-order valence-corrected chi connectivity index (χ4v) is 2.01. The van der Waals surface area contributed by atoms with E-state index < -0.39 is 37.9 Å². The summed E-state index contributed by atoms with van der Waals surface area (Å²) in [6.45, 7) is -0.400. The number of nitrogens with zero attached hydrogens (tertiary/aromatic N) is 3. The fraction of sp³-hybridized carbons (Fsp3) is 0.143. The second-order valence-electron chi connectivity index (χ2n) is 3.12. The zero-order valence-electron chi connectivity index (χ0n) is 8.89. The predicted molar refractivity (Wildman–Crippen MR) is 58.2 cm³/mol. The Morgan fingerprint density at radius 2 is 1.84 bits per heavy atom. The highest BCUT2D eigenvalue weighted by atomic mass is 32.3. The molecule has 12 heteroatoms. The van der Waals surface area contributed by atoms with Crippen molar-refractivity contribution < 1.29 is 28.8 Å². The van der Waals surface area contributed by atoms with Crippen molar-refractivity contribution in [2.45, 2.75) is 11.4 Å². The van der Waals surface area contributed by atoms with E-state index in [0.29, 0.717) is 6.07 Å². The van der Waals surface area contributed by atoms with E-state index in [9.17, 15) is 24.6 Å². The van der Waals surface area contributed by atoms with Gasteiger partial charge in [-0.15, -0.1) is 3.89 Å². The summed E-state index contributed by atoms with van der Waals surface area (Å²) in [5.41, 5.74) is 8.02. The minimum absolute atomic E-state index is 0.0739. The smallest absolute Gasteiger partial charge is 0.358 e. The number of azide groups is 1. The number of hydrogen-bond donors (Lipinski definition) is 0. The van der Waals surface area contributed by atoms with Crippen LogP contribution in [0.3, 0.4) is 0 Å². The SMILES string of the molecule is [N-]=[N+]=NCc1cc(OS(=O)(=O)F)cc(S(=O)(=O)F)c1. The Kier molecular flexibility index (Phi) is 4.29. The Labute approximate surface area is 106 Å². The molecule has 1 rings (SSSR count). The monoisotopic (exact) mass is 313 g/mol. The van der Waals surface area contributed by atoms with Crippen molar-refractivity contribution >= 4 is 20.7 Å². The summed E-state index contributed by atoms with van der Waals surface area (Å²) in [4.78, 5) is 1.43. The van der Waals surface area contributed by atoms with Crippen LogP contribution in [-0.2, 0) is 27.3 Å². The van der Waals surface area contributed by atoms with Gasteiger partial charge in [0.2, 0.25) is 0 Å². The zero-order chi connectivity index (χ0) is 14.7. The van der Waals surface area contributed by atoms with Gasteiger partial charge in [-0.3, -0.25) is 0 Å². The second kappa shape index (κ2) is 5.38. The average molecular weight is 313 g/mol. The number of hydrogen-bond acceptors (Lipinski definition) is 6. The highest BCUT2D eigenvalue weighted by Crippen LogP contribution is 2.24. The molecule has 0 atom stereocenters. The Hall–Kier alpha value is -1.91.